The average molecular weight is 196 g/mol. The summed E-state index contributed by atoms with van der Waals surface area (Å²) >= 11 is 0. The van der Waals surface area contributed by atoms with Crippen molar-refractivity contribution >= 4 is 5.91 Å². The van der Waals surface area contributed by atoms with Gasteiger partial charge in [-0.1, -0.05) is 6.92 Å². The molecule has 2 saturated heterocycles. The first-order valence-corrected chi connectivity index (χ1v) is 5.68. The molecule has 2 fully saturated rings. The van der Waals surface area contributed by atoms with E-state index in [-0.39, 0.29) is 5.92 Å². The summed E-state index contributed by atoms with van der Waals surface area (Å²) in [5, 5.41) is 0. The zero-order chi connectivity index (χ0) is 10.1. The molecule has 0 saturated carbocycles. The van der Waals surface area contributed by atoms with Gasteiger partial charge in [0.2, 0.25) is 5.91 Å². The lowest BCUT2D eigenvalue weighted by Gasteiger charge is -2.40. The van der Waals surface area contributed by atoms with Gasteiger partial charge in [-0.15, -0.1) is 0 Å². The number of carbonyl (C=O) groups excluding carboxylic acids is 1. The van der Waals surface area contributed by atoms with Crippen LogP contribution < -0.4 is 0 Å². The minimum atomic E-state index is 0.290. The summed E-state index contributed by atoms with van der Waals surface area (Å²) in [7, 11) is 2.10. The van der Waals surface area contributed by atoms with Gasteiger partial charge in [-0.25, -0.2) is 0 Å². The molecule has 2 rings (SSSR count). The third kappa shape index (κ3) is 1.78. The fourth-order valence-corrected chi connectivity index (χ4v) is 2.40. The van der Waals surface area contributed by atoms with Crippen molar-refractivity contribution in [2.45, 2.75) is 19.8 Å². The maximum Gasteiger partial charge on any atom is 0.227 e. The molecule has 0 spiro atoms. The van der Waals surface area contributed by atoms with Gasteiger partial charge < -0.3 is 9.80 Å². The van der Waals surface area contributed by atoms with Crippen LogP contribution in [-0.2, 0) is 4.79 Å². The van der Waals surface area contributed by atoms with Crippen LogP contribution in [0.25, 0.3) is 0 Å². The molecule has 2 aliphatic heterocycles. The highest BCUT2D eigenvalue weighted by atomic mass is 16.2. The van der Waals surface area contributed by atoms with Crippen LogP contribution in [0.3, 0.4) is 0 Å². The van der Waals surface area contributed by atoms with Gasteiger partial charge in [0.15, 0.2) is 0 Å². The van der Waals surface area contributed by atoms with E-state index in [4.69, 9.17) is 0 Å². The first-order valence-electron chi connectivity index (χ1n) is 5.68. The molecule has 0 radical (unpaired) electrons. The van der Waals surface area contributed by atoms with E-state index in [0.29, 0.717) is 5.91 Å². The summed E-state index contributed by atoms with van der Waals surface area (Å²) in [5.41, 5.74) is 0. The summed E-state index contributed by atoms with van der Waals surface area (Å²) < 4.78 is 0. The smallest absolute Gasteiger partial charge is 0.227 e. The second-order valence-corrected chi connectivity index (χ2v) is 4.77. The minimum Gasteiger partial charge on any atom is -0.342 e. The number of likely N-dealkylation sites (tertiary alicyclic amines) is 2. The number of amides is 1. The fourth-order valence-electron chi connectivity index (χ4n) is 2.40. The first kappa shape index (κ1) is 9.97. The van der Waals surface area contributed by atoms with E-state index < -0.39 is 0 Å². The molecule has 0 aromatic rings. The molecule has 0 N–H and O–H groups in total. The van der Waals surface area contributed by atoms with Crippen molar-refractivity contribution in [2.75, 3.05) is 33.2 Å². The number of hydrogen-bond acceptors (Lipinski definition) is 2. The number of nitrogens with zero attached hydrogens (tertiary/aromatic N) is 2. The first-order chi connectivity index (χ1) is 6.70. The van der Waals surface area contributed by atoms with Gasteiger partial charge in [-0.05, 0) is 32.4 Å². The van der Waals surface area contributed by atoms with E-state index in [1.54, 1.807) is 0 Å². The van der Waals surface area contributed by atoms with E-state index in [2.05, 4.69) is 18.9 Å². The molecule has 0 aliphatic carbocycles. The number of carbonyl (C=O) groups is 1. The van der Waals surface area contributed by atoms with Crippen molar-refractivity contribution in [2.24, 2.45) is 11.8 Å². The van der Waals surface area contributed by atoms with Gasteiger partial charge in [-0.2, -0.15) is 0 Å². The molecule has 1 amide bonds. The molecule has 0 aromatic carbocycles. The van der Waals surface area contributed by atoms with E-state index in [1.807, 2.05) is 4.90 Å². The summed E-state index contributed by atoms with van der Waals surface area (Å²) in [6, 6.07) is 0. The van der Waals surface area contributed by atoms with Gasteiger partial charge >= 0.3 is 0 Å². The molecule has 14 heavy (non-hydrogen) atoms. The van der Waals surface area contributed by atoms with Gasteiger partial charge in [-0.3, -0.25) is 4.79 Å². The summed E-state index contributed by atoms with van der Waals surface area (Å²) in [6.07, 6.45) is 2.27. The lowest BCUT2D eigenvalue weighted by molar-refractivity contribution is -0.141. The second-order valence-electron chi connectivity index (χ2n) is 4.77. The van der Waals surface area contributed by atoms with E-state index in [0.717, 1.165) is 38.5 Å². The molecule has 0 unspecified atom stereocenters. The van der Waals surface area contributed by atoms with Crippen molar-refractivity contribution in [3.63, 3.8) is 0 Å². The van der Waals surface area contributed by atoms with Crippen molar-refractivity contribution in [1.82, 2.24) is 9.80 Å². The number of hydrogen-bond donors (Lipinski definition) is 0. The summed E-state index contributed by atoms with van der Waals surface area (Å²) in [4.78, 5) is 16.2. The Morgan fingerprint density at radius 3 is 2.57 bits per heavy atom. The molecule has 80 valence electrons. The van der Waals surface area contributed by atoms with Crippen LogP contribution in [0.1, 0.15) is 19.8 Å². The maximum atomic E-state index is 11.9. The Balaban J connectivity index is 1.79. The second kappa shape index (κ2) is 3.89. The van der Waals surface area contributed by atoms with Crippen LogP contribution >= 0.6 is 0 Å². The topological polar surface area (TPSA) is 23.6 Å². The van der Waals surface area contributed by atoms with Gasteiger partial charge in [0.05, 0.1) is 5.92 Å². The minimum absolute atomic E-state index is 0.290. The quantitative estimate of drug-likeness (QED) is 0.652. The molecular formula is C11H20N2O. The monoisotopic (exact) mass is 196 g/mol. The summed E-state index contributed by atoms with van der Waals surface area (Å²) in [5.74, 6) is 1.47. The normalized spacial score (nSPS) is 29.3. The van der Waals surface area contributed by atoms with Gasteiger partial charge in [0.1, 0.15) is 0 Å². The largest absolute Gasteiger partial charge is 0.342 e. The van der Waals surface area contributed by atoms with Crippen molar-refractivity contribution in [3.05, 3.63) is 0 Å². The van der Waals surface area contributed by atoms with Crippen molar-refractivity contribution < 1.29 is 4.79 Å². The number of rotatable bonds is 2. The maximum absolute atomic E-state index is 11.9. The van der Waals surface area contributed by atoms with Crippen LogP contribution in [0.4, 0.5) is 0 Å². The van der Waals surface area contributed by atoms with Crippen molar-refractivity contribution in [1.29, 1.82) is 0 Å². The lowest BCUT2D eigenvalue weighted by atomic mass is 9.95. The van der Waals surface area contributed by atoms with E-state index in [1.165, 1.54) is 6.42 Å². The predicted molar refractivity (Wildman–Crippen MR) is 56.0 cm³/mol. The standard InChI is InChI=1S/C11H20N2O/c1-3-9-6-13(7-9)11(14)10-4-5-12(2)8-10/h9-10H,3-8H2,1-2H3/t10-/m0/s1. The molecule has 1 atom stereocenters. The third-order valence-corrected chi connectivity index (χ3v) is 3.59. The summed E-state index contributed by atoms with van der Waals surface area (Å²) in [6.45, 7) is 6.27. The molecule has 2 heterocycles. The van der Waals surface area contributed by atoms with Crippen LogP contribution in [0.2, 0.25) is 0 Å². The SMILES string of the molecule is CCC1CN(C(=O)[C@H]2CCN(C)C2)C1. The Morgan fingerprint density at radius 2 is 2.07 bits per heavy atom. The molecular weight excluding hydrogens is 176 g/mol. The van der Waals surface area contributed by atoms with E-state index >= 15 is 0 Å². The average Bonchev–Trinajstić information content (AvgIpc) is 2.49. The third-order valence-electron chi connectivity index (χ3n) is 3.59. The molecule has 3 nitrogen and oxygen atoms in total. The van der Waals surface area contributed by atoms with Gasteiger partial charge in [0.25, 0.3) is 0 Å². The lowest BCUT2D eigenvalue weighted by Crippen LogP contribution is -2.52. The van der Waals surface area contributed by atoms with Crippen LogP contribution in [-0.4, -0.2) is 48.9 Å². The van der Waals surface area contributed by atoms with Gasteiger partial charge in [0, 0.05) is 19.6 Å². The fraction of sp³-hybridized carbons (Fsp3) is 0.909. The highest BCUT2D eigenvalue weighted by Crippen LogP contribution is 2.24. The molecule has 2 aliphatic rings. The van der Waals surface area contributed by atoms with Crippen LogP contribution in [0.15, 0.2) is 0 Å². The Hall–Kier alpha value is -0.570. The Morgan fingerprint density at radius 1 is 1.36 bits per heavy atom. The molecule has 0 bridgehead atoms. The zero-order valence-corrected chi connectivity index (χ0v) is 9.20. The Labute approximate surface area is 86.1 Å². The van der Waals surface area contributed by atoms with Crippen molar-refractivity contribution in [3.8, 4) is 0 Å². The molecule has 0 aromatic heterocycles. The highest BCUT2D eigenvalue weighted by molar-refractivity contribution is 5.80. The van der Waals surface area contributed by atoms with Crippen LogP contribution in [0, 0.1) is 11.8 Å². The zero-order valence-electron chi connectivity index (χ0n) is 9.20. The molecule has 3 heteroatoms. The Bertz CT molecular complexity index is 223. The Kier molecular flexibility index (Phi) is 2.77. The van der Waals surface area contributed by atoms with Crippen LogP contribution in [0.5, 0.6) is 0 Å². The highest BCUT2D eigenvalue weighted by Gasteiger charge is 2.35. The predicted octanol–water partition coefficient (Wildman–Crippen LogP) is 0.806. The van der Waals surface area contributed by atoms with E-state index in [9.17, 15) is 4.79 Å².